The van der Waals surface area contributed by atoms with Crippen LogP contribution in [-0.4, -0.2) is 58.4 Å². The second-order valence-electron chi connectivity index (χ2n) is 7.16. The number of aliphatic hydroxyl groups excluding tert-OH is 2. The highest BCUT2D eigenvalue weighted by atomic mass is 16.5. The van der Waals surface area contributed by atoms with Crippen LogP contribution in [0, 0.1) is 0 Å². The Morgan fingerprint density at radius 1 is 1.32 bits per heavy atom. The molecule has 1 amide bonds. The number of nitrogens with zero attached hydrogens (tertiary/aromatic N) is 1. The van der Waals surface area contributed by atoms with Crippen LogP contribution in [0.2, 0.25) is 0 Å². The topological polar surface area (TPSA) is 85.8 Å². The molecule has 0 saturated carbocycles. The second kappa shape index (κ2) is 7.75. The summed E-state index contributed by atoms with van der Waals surface area (Å²) in [4.78, 5) is 18.0. The number of nitrogens with one attached hydrogen (secondary N) is 1. The Bertz CT molecular complexity index is 995. The van der Waals surface area contributed by atoms with Crippen molar-refractivity contribution in [1.29, 1.82) is 0 Å². The van der Waals surface area contributed by atoms with Crippen molar-refractivity contribution in [3.8, 4) is 11.1 Å². The fraction of sp³-hybridized carbons (Fsp3) is 0.318. The van der Waals surface area contributed by atoms with Crippen molar-refractivity contribution in [3.63, 3.8) is 0 Å². The summed E-state index contributed by atoms with van der Waals surface area (Å²) in [5.74, 6) is -0.0709. The summed E-state index contributed by atoms with van der Waals surface area (Å²) in [6.45, 7) is 2.97. The van der Waals surface area contributed by atoms with Gasteiger partial charge < -0.3 is 24.8 Å². The van der Waals surface area contributed by atoms with E-state index in [9.17, 15) is 15.0 Å². The first-order chi connectivity index (χ1) is 13.6. The number of aromatic nitrogens is 1. The normalized spacial score (nSPS) is 18.4. The van der Waals surface area contributed by atoms with E-state index in [-0.39, 0.29) is 18.6 Å². The number of rotatable bonds is 4. The molecule has 6 heteroatoms. The maximum absolute atomic E-state index is 13.1. The van der Waals surface area contributed by atoms with E-state index in [4.69, 9.17) is 4.74 Å². The quantitative estimate of drug-likeness (QED) is 0.650. The van der Waals surface area contributed by atoms with Gasteiger partial charge in [-0.3, -0.25) is 4.79 Å². The second-order valence-corrected chi connectivity index (χ2v) is 7.16. The van der Waals surface area contributed by atoms with Gasteiger partial charge in [0.2, 0.25) is 0 Å². The third-order valence-electron chi connectivity index (χ3n) is 5.26. The van der Waals surface area contributed by atoms with Crippen LogP contribution in [0.15, 0.2) is 48.7 Å². The van der Waals surface area contributed by atoms with Crippen molar-refractivity contribution in [3.05, 3.63) is 59.8 Å². The highest BCUT2D eigenvalue weighted by Crippen LogP contribution is 2.32. The predicted molar refractivity (Wildman–Crippen MR) is 107 cm³/mol. The summed E-state index contributed by atoms with van der Waals surface area (Å²) < 4.78 is 5.45. The van der Waals surface area contributed by atoms with Gasteiger partial charge in [-0.15, -0.1) is 0 Å². The molecule has 0 aliphatic carbocycles. The standard InChI is InChI=1S/C22H24N2O4/c1-14(26)15-3-2-4-16(11-15)18-5-6-20(21-19(18)7-8-23-21)22(27)24-9-10-28-17(12-24)13-25/h2-8,11,14,17,23,25-26H,9-10,12-13H2,1H3/t14?,17-/m1/s1. The number of carbonyl (C=O) groups excluding carboxylic acids is 1. The lowest BCUT2D eigenvalue weighted by molar-refractivity contribution is -0.0446. The first-order valence-electron chi connectivity index (χ1n) is 9.48. The van der Waals surface area contributed by atoms with E-state index in [2.05, 4.69) is 4.98 Å². The Hall–Kier alpha value is -2.67. The molecule has 6 nitrogen and oxygen atoms in total. The number of hydrogen-bond donors (Lipinski definition) is 3. The SMILES string of the molecule is CC(O)c1cccc(-c2ccc(C(=O)N3CCO[C@@H](CO)C3)c3[nH]ccc23)c1. The number of aromatic amines is 1. The summed E-state index contributed by atoms with van der Waals surface area (Å²) in [6, 6.07) is 13.6. The molecular weight excluding hydrogens is 356 g/mol. The van der Waals surface area contributed by atoms with E-state index < -0.39 is 6.10 Å². The average molecular weight is 380 g/mol. The minimum absolute atomic E-state index is 0.0709. The van der Waals surface area contributed by atoms with E-state index >= 15 is 0 Å². The molecule has 2 aromatic carbocycles. The van der Waals surface area contributed by atoms with E-state index in [0.29, 0.717) is 25.3 Å². The third-order valence-corrected chi connectivity index (χ3v) is 5.26. The lowest BCUT2D eigenvalue weighted by atomic mass is 9.96. The summed E-state index contributed by atoms with van der Waals surface area (Å²) in [7, 11) is 0. The van der Waals surface area contributed by atoms with E-state index in [1.54, 1.807) is 11.8 Å². The average Bonchev–Trinajstić information content (AvgIpc) is 3.22. The molecule has 1 unspecified atom stereocenters. The number of hydrogen-bond acceptors (Lipinski definition) is 4. The molecule has 1 aliphatic heterocycles. The van der Waals surface area contributed by atoms with Crippen molar-refractivity contribution in [2.24, 2.45) is 0 Å². The van der Waals surface area contributed by atoms with Crippen LogP contribution >= 0.6 is 0 Å². The summed E-state index contributed by atoms with van der Waals surface area (Å²) in [5.41, 5.74) is 4.25. The zero-order chi connectivity index (χ0) is 19.7. The molecule has 0 spiro atoms. The van der Waals surface area contributed by atoms with Crippen LogP contribution in [0.25, 0.3) is 22.0 Å². The zero-order valence-corrected chi connectivity index (χ0v) is 15.8. The number of amides is 1. The van der Waals surface area contributed by atoms with Crippen molar-refractivity contribution in [2.75, 3.05) is 26.3 Å². The minimum Gasteiger partial charge on any atom is -0.394 e. The van der Waals surface area contributed by atoms with Crippen LogP contribution in [0.5, 0.6) is 0 Å². The molecule has 2 atom stereocenters. The van der Waals surface area contributed by atoms with Gasteiger partial charge in [-0.2, -0.15) is 0 Å². The number of benzene rings is 2. The van der Waals surface area contributed by atoms with Crippen LogP contribution in [-0.2, 0) is 4.74 Å². The lowest BCUT2D eigenvalue weighted by Crippen LogP contribution is -2.46. The highest BCUT2D eigenvalue weighted by Gasteiger charge is 2.26. The smallest absolute Gasteiger partial charge is 0.256 e. The predicted octanol–water partition coefficient (Wildman–Crippen LogP) is 2.72. The molecular formula is C22H24N2O4. The van der Waals surface area contributed by atoms with Crippen LogP contribution in [0.4, 0.5) is 0 Å². The third kappa shape index (κ3) is 3.42. The van der Waals surface area contributed by atoms with Gasteiger partial charge in [0.1, 0.15) is 0 Å². The monoisotopic (exact) mass is 380 g/mol. The first kappa shape index (κ1) is 18.7. The molecule has 28 heavy (non-hydrogen) atoms. The van der Waals surface area contributed by atoms with Gasteiger partial charge >= 0.3 is 0 Å². The molecule has 146 valence electrons. The van der Waals surface area contributed by atoms with Gasteiger partial charge in [-0.1, -0.05) is 24.3 Å². The maximum atomic E-state index is 13.1. The molecule has 3 aromatic rings. The van der Waals surface area contributed by atoms with Crippen LogP contribution in [0.1, 0.15) is 28.9 Å². The van der Waals surface area contributed by atoms with Crippen molar-refractivity contribution < 1.29 is 19.7 Å². The molecule has 3 N–H and O–H groups in total. The minimum atomic E-state index is -0.539. The number of morpholine rings is 1. The molecule has 1 aromatic heterocycles. The molecule has 2 heterocycles. The van der Waals surface area contributed by atoms with Crippen LogP contribution < -0.4 is 0 Å². The lowest BCUT2D eigenvalue weighted by Gasteiger charge is -2.32. The Morgan fingerprint density at radius 2 is 2.18 bits per heavy atom. The van der Waals surface area contributed by atoms with Crippen molar-refractivity contribution in [2.45, 2.75) is 19.1 Å². The molecule has 1 aliphatic rings. The van der Waals surface area contributed by atoms with E-state index in [1.165, 1.54) is 0 Å². The molecule has 0 radical (unpaired) electrons. The van der Waals surface area contributed by atoms with Gasteiger partial charge in [-0.05, 0) is 41.8 Å². The van der Waals surface area contributed by atoms with Gasteiger partial charge in [0.05, 0.1) is 36.5 Å². The van der Waals surface area contributed by atoms with Gasteiger partial charge in [0, 0.05) is 24.7 Å². The molecule has 4 rings (SSSR count). The highest BCUT2D eigenvalue weighted by molar-refractivity contribution is 6.09. The Balaban J connectivity index is 1.72. The van der Waals surface area contributed by atoms with E-state index in [0.717, 1.165) is 27.6 Å². The maximum Gasteiger partial charge on any atom is 0.256 e. The fourth-order valence-corrected chi connectivity index (χ4v) is 3.74. The van der Waals surface area contributed by atoms with Crippen LogP contribution in [0.3, 0.4) is 0 Å². The Labute approximate surface area is 163 Å². The molecule has 1 fully saturated rings. The van der Waals surface area contributed by atoms with Gasteiger partial charge in [0.15, 0.2) is 0 Å². The Kier molecular flexibility index (Phi) is 5.17. The Morgan fingerprint density at radius 3 is 2.96 bits per heavy atom. The molecule has 1 saturated heterocycles. The van der Waals surface area contributed by atoms with Crippen molar-refractivity contribution >= 4 is 16.8 Å². The van der Waals surface area contributed by atoms with Gasteiger partial charge in [0.25, 0.3) is 5.91 Å². The summed E-state index contributed by atoms with van der Waals surface area (Å²) >= 11 is 0. The molecule has 0 bridgehead atoms. The first-order valence-corrected chi connectivity index (χ1v) is 9.48. The summed E-state index contributed by atoms with van der Waals surface area (Å²) in [6.07, 6.45) is 0.960. The summed E-state index contributed by atoms with van der Waals surface area (Å²) in [5, 5.41) is 20.2. The number of fused-ring (bicyclic) bond motifs is 1. The number of ether oxygens (including phenoxy) is 1. The van der Waals surface area contributed by atoms with E-state index in [1.807, 2.05) is 48.7 Å². The zero-order valence-electron chi connectivity index (χ0n) is 15.8. The fourth-order valence-electron chi connectivity index (χ4n) is 3.74. The number of carbonyl (C=O) groups is 1. The number of H-pyrrole nitrogens is 1. The van der Waals surface area contributed by atoms with Gasteiger partial charge in [-0.25, -0.2) is 0 Å². The number of aliphatic hydroxyl groups is 2. The van der Waals surface area contributed by atoms with Crippen molar-refractivity contribution in [1.82, 2.24) is 9.88 Å². The largest absolute Gasteiger partial charge is 0.394 e.